The first kappa shape index (κ1) is 28.9. The molecule has 37 heavy (non-hydrogen) atoms. The molecule has 2 bridgehead atoms. The first-order chi connectivity index (χ1) is 17.4. The van der Waals surface area contributed by atoms with Crippen molar-refractivity contribution in [3.63, 3.8) is 0 Å². The molecule has 3 aliphatic rings. The minimum absolute atomic E-state index is 0.127. The molecule has 14 nitrogen and oxygen atoms in total. The van der Waals surface area contributed by atoms with Crippen molar-refractivity contribution in [2.45, 2.75) is 71.5 Å². The van der Waals surface area contributed by atoms with Gasteiger partial charge in [0, 0.05) is 25.7 Å². The number of ether oxygens (including phenoxy) is 2. The molecule has 15 heteroatoms. The molecule has 3 saturated heterocycles. The number of urea groups is 1. The van der Waals surface area contributed by atoms with E-state index in [1.54, 1.807) is 18.7 Å². The van der Waals surface area contributed by atoms with Gasteiger partial charge in [0.1, 0.15) is 6.04 Å². The zero-order valence-electron chi connectivity index (χ0n) is 21.6. The van der Waals surface area contributed by atoms with Crippen molar-refractivity contribution in [3.8, 4) is 0 Å². The van der Waals surface area contributed by atoms with E-state index in [1.807, 2.05) is 0 Å². The van der Waals surface area contributed by atoms with Gasteiger partial charge in [0.2, 0.25) is 5.91 Å². The van der Waals surface area contributed by atoms with Crippen molar-refractivity contribution < 1.29 is 45.5 Å². The third-order valence-corrected chi connectivity index (χ3v) is 7.31. The molecule has 2 atom stereocenters. The third-order valence-electron chi connectivity index (χ3n) is 6.56. The van der Waals surface area contributed by atoms with Crippen molar-refractivity contribution in [1.82, 2.24) is 20.2 Å². The van der Waals surface area contributed by atoms with Crippen LogP contribution in [0, 0.1) is 5.41 Å². The minimum Gasteiger partial charge on any atom is -0.466 e. The molecule has 3 aliphatic heterocycles. The van der Waals surface area contributed by atoms with Gasteiger partial charge < -0.3 is 24.6 Å². The van der Waals surface area contributed by atoms with Crippen LogP contribution in [0.15, 0.2) is 0 Å². The van der Waals surface area contributed by atoms with E-state index in [-0.39, 0.29) is 31.2 Å². The van der Waals surface area contributed by atoms with Gasteiger partial charge in [-0.1, -0.05) is 0 Å². The summed E-state index contributed by atoms with van der Waals surface area (Å²) in [6.45, 7) is 7.21. The highest BCUT2D eigenvalue weighted by atomic mass is 32.3. The number of amides is 4. The quantitative estimate of drug-likeness (QED) is 0.386. The number of nitrogens with one attached hydrogen (secondary N) is 1. The van der Waals surface area contributed by atoms with Gasteiger partial charge in [-0.3, -0.25) is 9.59 Å². The lowest BCUT2D eigenvalue weighted by Crippen LogP contribution is -2.54. The fraction of sp³-hybridized carbons (Fsp3) is 0.818. The predicted molar refractivity (Wildman–Crippen MR) is 127 cm³/mol. The lowest BCUT2D eigenvalue weighted by molar-refractivity contribution is -0.155. The summed E-state index contributed by atoms with van der Waals surface area (Å²) in [6, 6.07) is -2.25. The Morgan fingerprint density at radius 2 is 1.68 bits per heavy atom. The molecule has 3 heterocycles. The number of hydrogen-bond acceptors (Lipinski definition) is 10. The molecule has 3 fully saturated rings. The normalized spacial score (nSPS) is 22.7. The van der Waals surface area contributed by atoms with Gasteiger partial charge in [0.05, 0.1) is 31.3 Å². The maximum absolute atomic E-state index is 13.0. The monoisotopic (exact) mass is 548 g/mol. The Hall–Kier alpha value is -2.65. The van der Waals surface area contributed by atoms with E-state index >= 15 is 0 Å². The number of hydrogen-bond donors (Lipinski definition) is 1. The molecule has 1 N–H and O–H groups in total. The first-order valence-corrected chi connectivity index (χ1v) is 13.8. The van der Waals surface area contributed by atoms with Crippen LogP contribution in [0.2, 0.25) is 0 Å². The molecule has 0 aliphatic carbocycles. The van der Waals surface area contributed by atoms with Gasteiger partial charge in [-0.05, 0) is 53.4 Å². The fourth-order valence-corrected chi connectivity index (χ4v) is 5.31. The van der Waals surface area contributed by atoms with Crippen LogP contribution in [-0.4, -0.2) is 105 Å². The summed E-state index contributed by atoms with van der Waals surface area (Å²) < 4.78 is 44.5. The Morgan fingerprint density at radius 3 is 2.30 bits per heavy atom. The van der Waals surface area contributed by atoms with Crippen LogP contribution in [0.4, 0.5) is 9.59 Å². The molecule has 210 valence electrons. The molecule has 4 amide bonds. The number of nitrogens with zero attached hydrogens (tertiary/aromatic N) is 3. The Morgan fingerprint density at radius 1 is 1.03 bits per heavy atom. The first-order valence-electron chi connectivity index (χ1n) is 12.5. The molecule has 0 aromatic rings. The molecule has 0 aromatic heterocycles. The third kappa shape index (κ3) is 7.02. The van der Waals surface area contributed by atoms with Gasteiger partial charge >= 0.3 is 28.5 Å². The van der Waals surface area contributed by atoms with Gasteiger partial charge in [-0.25, -0.2) is 13.8 Å². The molecule has 0 spiro atoms. The lowest BCUT2D eigenvalue weighted by Gasteiger charge is -2.34. The summed E-state index contributed by atoms with van der Waals surface area (Å²) >= 11 is 0. The second kappa shape index (κ2) is 11.8. The molecule has 0 radical (unpaired) electrons. The van der Waals surface area contributed by atoms with Gasteiger partial charge in [-0.15, -0.1) is 4.28 Å². The van der Waals surface area contributed by atoms with E-state index in [9.17, 15) is 27.6 Å². The average molecular weight is 549 g/mol. The summed E-state index contributed by atoms with van der Waals surface area (Å²) in [7, 11) is -4.67. The maximum Gasteiger partial charge on any atom is 0.421 e. The van der Waals surface area contributed by atoms with Crippen molar-refractivity contribution in [2.75, 3.05) is 39.5 Å². The topological polar surface area (TPSA) is 161 Å². The van der Waals surface area contributed by atoms with Crippen LogP contribution in [0.3, 0.4) is 0 Å². The summed E-state index contributed by atoms with van der Waals surface area (Å²) in [4.78, 5) is 52.6. The summed E-state index contributed by atoms with van der Waals surface area (Å²) in [5, 5.41) is 3.67. The van der Waals surface area contributed by atoms with Gasteiger partial charge in [0.15, 0.2) is 0 Å². The zero-order valence-corrected chi connectivity index (χ0v) is 22.5. The van der Waals surface area contributed by atoms with Crippen LogP contribution in [-0.2, 0) is 37.9 Å². The van der Waals surface area contributed by atoms with Gasteiger partial charge in [-0.2, -0.15) is 13.5 Å². The van der Waals surface area contributed by atoms with Crippen molar-refractivity contribution >= 4 is 34.4 Å². The predicted octanol–water partition coefficient (Wildman–Crippen LogP) is 0.774. The molecule has 0 saturated carbocycles. The minimum atomic E-state index is -4.67. The number of esters is 1. The summed E-state index contributed by atoms with van der Waals surface area (Å²) in [6.07, 6.45) is 1.42. The second-order valence-electron chi connectivity index (χ2n) is 9.83. The standard InChI is InChI=1S/C22H36N4O10S/c1-5-33-19(28)22(3,4)14-35-37(31,32)36-26-16-7-8-17(25(13-16)20(26)29)18(27)23-15-9-11-24(12-10-15)21(30)34-6-2/h15-17H,5-14H2,1-4H3,(H,23,27)/t16-,17+/m1/s1. The van der Waals surface area contributed by atoms with Crippen LogP contribution < -0.4 is 5.32 Å². The number of hydroxylamine groups is 2. The van der Waals surface area contributed by atoms with E-state index in [2.05, 4.69) is 5.32 Å². The number of carbonyl (C=O) groups is 4. The van der Waals surface area contributed by atoms with Crippen molar-refractivity contribution in [3.05, 3.63) is 0 Å². The van der Waals surface area contributed by atoms with Crippen molar-refractivity contribution in [1.29, 1.82) is 0 Å². The van der Waals surface area contributed by atoms with E-state index < -0.39 is 46.5 Å². The highest BCUT2D eigenvalue weighted by molar-refractivity contribution is 7.81. The smallest absolute Gasteiger partial charge is 0.421 e. The SMILES string of the molecule is CCOC(=O)N1CCC(NC(=O)[C@@H]2CC[C@@H]3CN2C(=O)N3OS(=O)(=O)OCC(C)(C)C(=O)OCC)CC1. The average Bonchev–Trinajstić information content (AvgIpc) is 3.07. The van der Waals surface area contributed by atoms with Gasteiger partial charge in [0.25, 0.3) is 0 Å². The Labute approximate surface area is 216 Å². The molecular weight excluding hydrogens is 512 g/mol. The summed E-state index contributed by atoms with van der Waals surface area (Å²) in [5.74, 6) is -0.969. The van der Waals surface area contributed by atoms with Crippen LogP contribution >= 0.6 is 0 Å². The Kier molecular flexibility index (Phi) is 9.23. The molecule has 0 aromatic carbocycles. The largest absolute Gasteiger partial charge is 0.466 e. The highest BCUT2D eigenvalue weighted by Gasteiger charge is 2.50. The van der Waals surface area contributed by atoms with Crippen LogP contribution in [0.25, 0.3) is 0 Å². The fourth-order valence-electron chi connectivity index (χ4n) is 4.45. The molecular formula is C22H36N4O10S. The van der Waals surface area contributed by atoms with E-state index in [0.29, 0.717) is 45.4 Å². The highest BCUT2D eigenvalue weighted by Crippen LogP contribution is 2.31. The number of carbonyl (C=O) groups excluding carboxylic acids is 4. The van der Waals surface area contributed by atoms with E-state index in [4.69, 9.17) is 17.9 Å². The van der Waals surface area contributed by atoms with Crippen LogP contribution in [0.5, 0.6) is 0 Å². The molecule has 3 rings (SSSR count). The van der Waals surface area contributed by atoms with Crippen molar-refractivity contribution in [2.24, 2.45) is 5.41 Å². The second-order valence-corrected chi connectivity index (χ2v) is 11.0. The number of fused-ring (bicyclic) bond motifs is 2. The Balaban J connectivity index is 1.53. The van der Waals surface area contributed by atoms with Crippen LogP contribution in [0.1, 0.15) is 53.4 Å². The maximum atomic E-state index is 13.0. The zero-order chi connectivity index (χ0) is 27.4. The molecule has 0 unspecified atom stereocenters. The lowest BCUT2D eigenvalue weighted by atomic mass is 9.95. The number of rotatable bonds is 10. The van der Waals surface area contributed by atoms with E-state index in [1.165, 1.54) is 18.7 Å². The number of piperidine rings is 2. The summed E-state index contributed by atoms with van der Waals surface area (Å²) in [5.41, 5.74) is -1.25. The Bertz CT molecular complexity index is 980. The van der Waals surface area contributed by atoms with E-state index in [0.717, 1.165) is 5.06 Å². The number of likely N-dealkylation sites (tertiary alicyclic amines) is 1.